The Morgan fingerprint density at radius 3 is 2.32 bits per heavy atom. The van der Waals surface area contributed by atoms with Crippen LogP contribution in [0.1, 0.15) is 82.7 Å². The topological polar surface area (TPSA) is 93.5 Å². The van der Waals surface area contributed by atoms with E-state index in [4.69, 9.17) is 9.26 Å². The molecule has 2 N–H and O–H groups in total. The van der Waals surface area contributed by atoms with Crippen molar-refractivity contribution in [2.75, 3.05) is 6.54 Å². The number of aryl methyl sites for hydroxylation is 2. The van der Waals surface area contributed by atoms with Crippen LogP contribution in [0.3, 0.4) is 0 Å². The van der Waals surface area contributed by atoms with E-state index < -0.39 is 17.2 Å². The zero-order valence-corrected chi connectivity index (χ0v) is 17.9. The minimum atomic E-state index is -0.548. The Labute approximate surface area is 167 Å². The molecule has 1 aliphatic rings. The molecular formula is C21H35N3O4. The van der Waals surface area contributed by atoms with Gasteiger partial charge >= 0.3 is 6.09 Å². The van der Waals surface area contributed by atoms with E-state index in [1.54, 1.807) is 0 Å². The Morgan fingerprint density at radius 2 is 1.79 bits per heavy atom. The highest BCUT2D eigenvalue weighted by molar-refractivity contribution is 5.76. The quantitative estimate of drug-likeness (QED) is 0.714. The Kier molecular flexibility index (Phi) is 7.49. The van der Waals surface area contributed by atoms with E-state index in [0.29, 0.717) is 19.4 Å². The Balaban J connectivity index is 1.94. The van der Waals surface area contributed by atoms with E-state index in [1.807, 2.05) is 34.6 Å². The van der Waals surface area contributed by atoms with Gasteiger partial charge in [-0.2, -0.15) is 0 Å². The number of amides is 2. The summed E-state index contributed by atoms with van der Waals surface area (Å²) in [6.07, 6.45) is 6.60. The number of hydrogen-bond donors (Lipinski definition) is 2. The predicted molar refractivity (Wildman–Crippen MR) is 107 cm³/mol. The van der Waals surface area contributed by atoms with E-state index in [-0.39, 0.29) is 5.91 Å². The summed E-state index contributed by atoms with van der Waals surface area (Å²) >= 11 is 0. The van der Waals surface area contributed by atoms with Gasteiger partial charge in [0.05, 0.1) is 11.2 Å². The van der Waals surface area contributed by atoms with Crippen LogP contribution in [-0.2, 0) is 16.0 Å². The number of carbonyl (C=O) groups is 2. The summed E-state index contributed by atoms with van der Waals surface area (Å²) in [6, 6.07) is 0. The van der Waals surface area contributed by atoms with Crippen molar-refractivity contribution in [3.63, 3.8) is 0 Å². The number of alkyl carbamates (subject to hydrolysis) is 1. The average molecular weight is 394 g/mol. The second-order valence-corrected chi connectivity index (χ2v) is 8.90. The van der Waals surface area contributed by atoms with Crippen LogP contribution in [0.25, 0.3) is 0 Å². The first-order valence-corrected chi connectivity index (χ1v) is 10.3. The number of rotatable bonds is 6. The molecule has 158 valence electrons. The third kappa shape index (κ3) is 6.84. The normalized spacial score (nSPS) is 16.9. The molecule has 0 unspecified atom stereocenters. The lowest BCUT2D eigenvalue weighted by atomic mass is 9.90. The number of nitrogens with zero attached hydrogens (tertiary/aromatic N) is 1. The minimum absolute atomic E-state index is 0.0328. The molecule has 0 atom stereocenters. The van der Waals surface area contributed by atoms with E-state index in [2.05, 4.69) is 15.8 Å². The van der Waals surface area contributed by atoms with Gasteiger partial charge in [-0.1, -0.05) is 30.8 Å². The van der Waals surface area contributed by atoms with E-state index in [9.17, 15) is 9.59 Å². The van der Waals surface area contributed by atoms with Crippen LogP contribution in [0.5, 0.6) is 0 Å². The molecule has 1 aromatic heterocycles. The monoisotopic (exact) mass is 393 g/mol. The van der Waals surface area contributed by atoms with Gasteiger partial charge in [0, 0.05) is 18.5 Å². The van der Waals surface area contributed by atoms with Gasteiger partial charge in [-0.05, 0) is 53.9 Å². The lowest BCUT2D eigenvalue weighted by molar-refractivity contribution is -0.121. The van der Waals surface area contributed by atoms with Gasteiger partial charge in [0.15, 0.2) is 0 Å². The van der Waals surface area contributed by atoms with Gasteiger partial charge in [0.2, 0.25) is 5.91 Å². The molecule has 2 amide bonds. The number of ether oxygens (including phenoxy) is 1. The second-order valence-electron chi connectivity index (χ2n) is 8.90. The smallest absolute Gasteiger partial charge is 0.408 e. The van der Waals surface area contributed by atoms with Crippen molar-refractivity contribution >= 4 is 12.0 Å². The van der Waals surface area contributed by atoms with Crippen LogP contribution in [0.2, 0.25) is 0 Å². The molecule has 0 bridgehead atoms. The van der Waals surface area contributed by atoms with Gasteiger partial charge < -0.3 is 19.9 Å². The Bertz CT molecular complexity index is 648. The Morgan fingerprint density at radius 1 is 1.14 bits per heavy atom. The van der Waals surface area contributed by atoms with Gasteiger partial charge in [-0.25, -0.2) is 4.79 Å². The van der Waals surface area contributed by atoms with Gasteiger partial charge in [0.25, 0.3) is 0 Å². The summed E-state index contributed by atoms with van der Waals surface area (Å²) in [5.74, 6) is 0.728. The van der Waals surface area contributed by atoms with Crippen LogP contribution in [0, 0.1) is 13.8 Å². The van der Waals surface area contributed by atoms with Crippen molar-refractivity contribution in [2.24, 2.45) is 0 Å². The summed E-state index contributed by atoms with van der Waals surface area (Å²) in [4.78, 5) is 24.8. The summed E-state index contributed by atoms with van der Waals surface area (Å²) in [5.41, 5.74) is 0.828. The molecular weight excluding hydrogens is 358 g/mol. The van der Waals surface area contributed by atoms with Crippen LogP contribution >= 0.6 is 0 Å². The van der Waals surface area contributed by atoms with Crippen molar-refractivity contribution in [2.45, 2.75) is 97.1 Å². The maximum absolute atomic E-state index is 12.4. The standard InChI is InChI=1S/C21H35N3O4/c1-15-17(16(2)28-24-15)10-11-18(25)22-14-21(12-8-6-7-9-13-21)23-19(26)27-20(3,4)5/h6-14H2,1-5H3,(H,22,25)(H,23,26). The van der Waals surface area contributed by atoms with Crippen molar-refractivity contribution in [1.29, 1.82) is 0 Å². The first-order chi connectivity index (χ1) is 13.1. The summed E-state index contributed by atoms with van der Waals surface area (Å²) in [5, 5.41) is 10.0. The molecule has 7 heteroatoms. The fourth-order valence-corrected chi connectivity index (χ4v) is 3.72. The molecule has 0 spiro atoms. The van der Waals surface area contributed by atoms with Crippen LogP contribution < -0.4 is 10.6 Å². The number of carbonyl (C=O) groups excluding carboxylic acids is 2. The molecule has 2 rings (SSSR count). The molecule has 0 saturated heterocycles. The molecule has 7 nitrogen and oxygen atoms in total. The molecule has 0 radical (unpaired) electrons. The van der Waals surface area contributed by atoms with Crippen molar-refractivity contribution in [3.05, 3.63) is 17.0 Å². The molecule has 0 aromatic carbocycles. The lowest BCUT2D eigenvalue weighted by Crippen LogP contribution is -2.56. The molecule has 28 heavy (non-hydrogen) atoms. The number of nitrogens with one attached hydrogen (secondary N) is 2. The third-order valence-corrected chi connectivity index (χ3v) is 5.23. The highest BCUT2D eigenvalue weighted by atomic mass is 16.6. The highest BCUT2D eigenvalue weighted by Crippen LogP contribution is 2.27. The van der Waals surface area contributed by atoms with E-state index in [1.165, 1.54) is 0 Å². The fraction of sp³-hybridized carbons (Fsp3) is 0.762. The SMILES string of the molecule is Cc1noc(C)c1CCC(=O)NCC1(NC(=O)OC(C)(C)C)CCCCCC1. The van der Waals surface area contributed by atoms with Crippen molar-refractivity contribution < 1.29 is 18.8 Å². The highest BCUT2D eigenvalue weighted by Gasteiger charge is 2.34. The molecule has 1 fully saturated rings. The van der Waals surface area contributed by atoms with Gasteiger partial charge in [-0.3, -0.25) is 4.79 Å². The Hall–Kier alpha value is -2.05. The first-order valence-electron chi connectivity index (χ1n) is 10.3. The lowest BCUT2D eigenvalue weighted by Gasteiger charge is -2.35. The zero-order valence-electron chi connectivity index (χ0n) is 17.9. The first kappa shape index (κ1) is 22.2. The van der Waals surface area contributed by atoms with Crippen LogP contribution in [-0.4, -0.2) is 34.8 Å². The summed E-state index contributed by atoms with van der Waals surface area (Å²) < 4.78 is 10.6. The third-order valence-electron chi connectivity index (χ3n) is 5.23. The van der Waals surface area contributed by atoms with Crippen molar-refractivity contribution in [3.8, 4) is 0 Å². The fourth-order valence-electron chi connectivity index (χ4n) is 3.72. The largest absolute Gasteiger partial charge is 0.444 e. The number of hydrogen-bond acceptors (Lipinski definition) is 5. The molecule has 1 heterocycles. The molecule has 1 saturated carbocycles. The number of aromatic nitrogens is 1. The van der Waals surface area contributed by atoms with E-state index in [0.717, 1.165) is 55.5 Å². The van der Waals surface area contributed by atoms with Crippen LogP contribution in [0.4, 0.5) is 4.79 Å². The van der Waals surface area contributed by atoms with Gasteiger partial charge in [0.1, 0.15) is 11.4 Å². The minimum Gasteiger partial charge on any atom is -0.444 e. The molecule has 1 aromatic rings. The zero-order chi connectivity index (χ0) is 20.8. The summed E-state index contributed by atoms with van der Waals surface area (Å²) in [7, 11) is 0. The van der Waals surface area contributed by atoms with Crippen LogP contribution in [0.15, 0.2) is 4.52 Å². The van der Waals surface area contributed by atoms with E-state index >= 15 is 0 Å². The van der Waals surface area contributed by atoms with Gasteiger partial charge in [-0.15, -0.1) is 0 Å². The maximum Gasteiger partial charge on any atom is 0.408 e. The average Bonchev–Trinajstić information content (AvgIpc) is 2.78. The summed E-state index contributed by atoms with van der Waals surface area (Å²) in [6.45, 7) is 9.72. The molecule has 1 aliphatic carbocycles. The molecule has 0 aliphatic heterocycles. The second kappa shape index (κ2) is 9.43. The predicted octanol–water partition coefficient (Wildman–Crippen LogP) is 3.96. The van der Waals surface area contributed by atoms with Crippen molar-refractivity contribution in [1.82, 2.24) is 15.8 Å². The maximum atomic E-state index is 12.4.